The van der Waals surface area contributed by atoms with Crippen LogP contribution in [0.3, 0.4) is 0 Å². The Bertz CT molecular complexity index is 927. The Morgan fingerprint density at radius 1 is 1.04 bits per heavy atom. The van der Waals surface area contributed by atoms with Crippen molar-refractivity contribution >= 4 is 11.5 Å². The third-order valence-corrected chi connectivity index (χ3v) is 5.09. The van der Waals surface area contributed by atoms with E-state index in [0.717, 1.165) is 48.9 Å². The molecule has 0 bridgehead atoms. The van der Waals surface area contributed by atoms with Crippen LogP contribution < -0.4 is 9.64 Å². The van der Waals surface area contributed by atoms with Crippen LogP contribution >= 0.6 is 0 Å². The van der Waals surface area contributed by atoms with Crippen molar-refractivity contribution in [3.63, 3.8) is 0 Å². The van der Waals surface area contributed by atoms with Gasteiger partial charge >= 0.3 is 0 Å². The molecule has 0 N–H and O–H groups in total. The van der Waals surface area contributed by atoms with E-state index in [0.29, 0.717) is 11.8 Å². The summed E-state index contributed by atoms with van der Waals surface area (Å²) in [5, 5.41) is 4.16. The first kappa shape index (κ1) is 15.5. The van der Waals surface area contributed by atoms with Crippen LogP contribution in [0.1, 0.15) is 43.1 Å². The van der Waals surface area contributed by atoms with Crippen LogP contribution in [-0.4, -0.2) is 43.8 Å². The molecule has 0 amide bonds. The molecular formula is C19H22N6O. The highest BCUT2D eigenvalue weighted by atomic mass is 16.5. The Hall–Kier alpha value is -2.70. The summed E-state index contributed by atoms with van der Waals surface area (Å²) in [6.45, 7) is 3.95. The lowest BCUT2D eigenvalue weighted by molar-refractivity contribution is 0.164. The smallest absolute Gasteiger partial charge is 0.217 e. The quantitative estimate of drug-likeness (QED) is 0.721. The van der Waals surface area contributed by atoms with Gasteiger partial charge in [-0.25, -0.2) is 14.5 Å². The highest BCUT2D eigenvalue weighted by molar-refractivity contribution is 5.41. The summed E-state index contributed by atoms with van der Waals surface area (Å²) in [7, 11) is 0. The molecule has 1 saturated carbocycles. The average Bonchev–Trinajstić information content (AvgIpc) is 3.40. The van der Waals surface area contributed by atoms with Gasteiger partial charge in [-0.2, -0.15) is 10.1 Å². The Balaban J connectivity index is 1.24. The molecule has 0 radical (unpaired) electrons. The van der Waals surface area contributed by atoms with Gasteiger partial charge in [-0.15, -0.1) is 0 Å². The van der Waals surface area contributed by atoms with Gasteiger partial charge in [-0.05, 0) is 19.8 Å². The summed E-state index contributed by atoms with van der Waals surface area (Å²) < 4.78 is 7.84. The number of rotatable bonds is 4. The topological polar surface area (TPSA) is 68.4 Å². The van der Waals surface area contributed by atoms with E-state index in [1.54, 1.807) is 10.7 Å². The molecule has 0 aromatic carbocycles. The molecule has 2 aliphatic rings. The minimum atomic E-state index is 0.190. The lowest BCUT2D eigenvalue weighted by atomic mass is 10.1. The molecule has 7 heteroatoms. The summed E-state index contributed by atoms with van der Waals surface area (Å²) in [4.78, 5) is 16.3. The van der Waals surface area contributed by atoms with Crippen LogP contribution in [0.5, 0.6) is 5.88 Å². The van der Waals surface area contributed by atoms with Crippen molar-refractivity contribution in [3.8, 4) is 5.88 Å². The van der Waals surface area contributed by atoms with E-state index in [1.807, 2.05) is 18.3 Å². The van der Waals surface area contributed by atoms with E-state index in [4.69, 9.17) is 9.72 Å². The maximum atomic E-state index is 6.10. The highest BCUT2D eigenvalue weighted by Gasteiger charge is 2.28. The van der Waals surface area contributed by atoms with Gasteiger partial charge in [-0.1, -0.05) is 0 Å². The molecular weight excluding hydrogens is 328 g/mol. The molecule has 7 nitrogen and oxygen atoms in total. The van der Waals surface area contributed by atoms with E-state index in [-0.39, 0.29) is 6.10 Å². The Labute approximate surface area is 152 Å². The average molecular weight is 350 g/mol. The molecule has 3 aromatic heterocycles. The second-order valence-corrected chi connectivity index (χ2v) is 7.20. The molecule has 0 spiro atoms. The van der Waals surface area contributed by atoms with Gasteiger partial charge < -0.3 is 9.64 Å². The van der Waals surface area contributed by atoms with Gasteiger partial charge in [0.2, 0.25) is 5.88 Å². The fourth-order valence-electron chi connectivity index (χ4n) is 3.49. The minimum Gasteiger partial charge on any atom is -0.474 e. The van der Waals surface area contributed by atoms with Crippen LogP contribution in [0.4, 0.5) is 5.82 Å². The number of ether oxygens (including phenoxy) is 1. The summed E-state index contributed by atoms with van der Waals surface area (Å²) >= 11 is 0. The Morgan fingerprint density at radius 3 is 2.69 bits per heavy atom. The lowest BCUT2D eigenvalue weighted by Gasteiger charge is -2.33. The molecule has 0 atom stereocenters. The van der Waals surface area contributed by atoms with E-state index in [1.165, 1.54) is 12.8 Å². The van der Waals surface area contributed by atoms with Crippen LogP contribution in [0.25, 0.3) is 5.65 Å². The molecule has 1 saturated heterocycles. The number of piperidine rings is 1. The van der Waals surface area contributed by atoms with Crippen LogP contribution in [0, 0.1) is 6.92 Å². The van der Waals surface area contributed by atoms with Gasteiger partial charge in [0.1, 0.15) is 17.7 Å². The number of nitrogens with zero attached hydrogens (tertiary/aromatic N) is 6. The largest absolute Gasteiger partial charge is 0.474 e. The summed E-state index contributed by atoms with van der Waals surface area (Å²) in [6, 6.07) is 5.86. The predicted octanol–water partition coefficient (Wildman–Crippen LogP) is 2.75. The number of hydrogen-bond acceptors (Lipinski definition) is 6. The summed E-state index contributed by atoms with van der Waals surface area (Å²) in [5.41, 5.74) is 1.87. The molecule has 1 aliphatic carbocycles. The van der Waals surface area contributed by atoms with Crippen molar-refractivity contribution < 1.29 is 4.74 Å². The van der Waals surface area contributed by atoms with Gasteiger partial charge in [0.05, 0.1) is 6.20 Å². The van der Waals surface area contributed by atoms with Crippen molar-refractivity contribution in [1.82, 2.24) is 24.6 Å². The first-order valence-electron chi connectivity index (χ1n) is 9.32. The molecule has 4 heterocycles. The van der Waals surface area contributed by atoms with Crippen molar-refractivity contribution in [2.45, 2.75) is 44.6 Å². The number of hydrogen-bond donors (Lipinski definition) is 0. The number of aryl methyl sites for hydroxylation is 1. The van der Waals surface area contributed by atoms with Crippen molar-refractivity contribution in [1.29, 1.82) is 0 Å². The van der Waals surface area contributed by atoms with E-state index in [9.17, 15) is 0 Å². The summed E-state index contributed by atoms with van der Waals surface area (Å²) in [6.07, 6.45) is 8.21. The van der Waals surface area contributed by atoms with Crippen LogP contribution in [0.15, 0.2) is 30.6 Å². The first-order valence-corrected chi connectivity index (χ1v) is 9.32. The zero-order valence-electron chi connectivity index (χ0n) is 14.9. The van der Waals surface area contributed by atoms with E-state index < -0.39 is 0 Å². The monoisotopic (exact) mass is 350 g/mol. The second kappa shape index (κ2) is 6.23. The third kappa shape index (κ3) is 3.09. The maximum Gasteiger partial charge on any atom is 0.217 e. The molecule has 5 rings (SSSR count). The van der Waals surface area contributed by atoms with Crippen LogP contribution in [-0.2, 0) is 0 Å². The number of anilines is 1. The predicted molar refractivity (Wildman–Crippen MR) is 97.6 cm³/mol. The van der Waals surface area contributed by atoms with Crippen molar-refractivity contribution in [2.75, 3.05) is 18.0 Å². The van der Waals surface area contributed by atoms with Crippen LogP contribution in [0.2, 0.25) is 0 Å². The molecule has 2 fully saturated rings. The van der Waals surface area contributed by atoms with E-state index in [2.05, 4.69) is 33.0 Å². The zero-order chi connectivity index (χ0) is 17.5. The molecule has 1 aliphatic heterocycles. The fourth-order valence-corrected chi connectivity index (χ4v) is 3.49. The Kier molecular flexibility index (Phi) is 3.72. The van der Waals surface area contributed by atoms with Gasteiger partial charge in [-0.3, -0.25) is 0 Å². The molecule has 26 heavy (non-hydrogen) atoms. The zero-order valence-corrected chi connectivity index (χ0v) is 14.9. The van der Waals surface area contributed by atoms with Gasteiger partial charge in [0.15, 0.2) is 5.65 Å². The standard InChI is InChI=1S/C19H22N6O/c1-13-12-17(23-19(21-13)14-2-3-14)24-9-5-15(6-10-24)26-18-7-11-25-16(22-18)4-8-20-25/h4,7-8,11-12,14-15H,2-3,5-6,9-10H2,1H3. The van der Waals surface area contributed by atoms with Crippen molar-refractivity contribution in [2.24, 2.45) is 0 Å². The van der Waals surface area contributed by atoms with Gasteiger partial charge in [0.25, 0.3) is 0 Å². The minimum absolute atomic E-state index is 0.190. The van der Waals surface area contributed by atoms with E-state index >= 15 is 0 Å². The third-order valence-electron chi connectivity index (χ3n) is 5.09. The second-order valence-electron chi connectivity index (χ2n) is 7.20. The number of fused-ring (bicyclic) bond motifs is 1. The lowest BCUT2D eigenvalue weighted by Crippen LogP contribution is -2.39. The molecule has 3 aromatic rings. The normalized spacial score (nSPS) is 18.4. The molecule has 134 valence electrons. The SMILES string of the molecule is Cc1cc(N2CCC(Oc3ccn4nccc4n3)CC2)nc(C2CC2)n1. The van der Waals surface area contributed by atoms with Crippen molar-refractivity contribution in [3.05, 3.63) is 42.1 Å². The van der Waals surface area contributed by atoms with Gasteiger partial charge in [0, 0.05) is 61.9 Å². The first-order chi connectivity index (χ1) is 12.7. The fraction of sp³-hybridized carbons (Fsp3) is 0.474. The highest BCUT2D eigenvalue weighted by Crippen LogP contribution is 2.38. The Morgan fingerprint density at radius 2 is 1.88 bits per heavy atom. The summed E-state index contributed by atoms with van der Waals surface area (Å²) in [5.74, 6) is 3.35. The maximum absolute atomic E-state index is 6.10. The molecule has 0 unspecified atom stereocenters. The number of aromatic nitrogens is 5.